The van der Waals surface area contributed by atoms with Crippen molar-refractivity contribution in [2.45, 2.75) is 25.7 Å². The highest BCUT2D eigenvalue weighted by molar-refractivity contribution is 7.99. The number of benzene rings is 1. The summed E-state index contributed by atoms with van der Waals surface area (Å²) in [5.41, 5.74) is 0.417. The zero-order valence-electron chi connectivity index (χ0n) is 9.99. The van der Waals surface area contributed by atoms with E-state index in [0.29, 0.717) is 5.75 Å². The Morgan fingerprint density at radius 1 is 1.25 bits per heavy atom. The van der Waals surface area contributed by atoms with Crippen molar-refractivity contribution in [3.05, 3.63) is 29.8 Å². The topological polar surface area (TPSA) is 37.3 Å². The van der Waals surface area contributed by atoms with Crippen LogP contribution in [0.5, 0.6) is 0 Å². The summed E-state index contributed by atoms with van der Waals surface area (Å²) >= 11 is 1.59. The number of hydrogen-bond donors (Lipinski definition) is 1. The summed E-state index contributed by atoms with van der Waals surface area (Å²) in [6.07, 6.45) is 0. The summed E-state index contributed by atoms with van der Waals surface area (Å²) in [7, 11) is 0. The second-order valence-corrected chi connectivity index (χ2v) is 5.84. The zero-order valence-corrected chi connectivity index (χ0v) is 10.8. The van der Waals surface area contributed by atoms with Crippen LogP contribution < -0.4 is 0 Å². The average Bonchev–Trinajstić information content (AvgIpc) is 2.25. The average molecular weight is 238 g/mol. The van der Waals surface area contributed by atoms with Gasteiger partial charge in [0.15, 0.2) is 5.78 Å². The summed E-state index contributed by atoms with van der Waals surface area (Å²) < 4.78 is 0. The molecule has 0 heterocycles. The molecular weight excluding hydrogens is 220 g/mol. The number of Topliss-reactive ketones (excluding diaryl/α,β-unsaturated/α-hetero) is 1. The second kappa shape index (κ2) is 5.51. The Balaban J connectivity index is 2.75. The molecule has 1 aromatic rings. The Kier molecular flexibility index (Phi) is 4.56. The molecule has 1 aromatic carbocycles. The van der Waals surface area contributed by atoms with Crippen molar-refractivity contribution in [1.29, 1.82) is 0 Å². The van der Waals surface area contributed by atoms with E-state index in [2.05, 4.69) is 0 Å². The van der Waals surface area contributed by atoms with Gasteiger partial charge in [-0.1, -0.05) is 32.9 Å². The third kappa shape index (κ3) is 3.65. The Morgan fingerprint density at radius 2 is 1.81 bits per heavy atom. The maximum Gasteiger partial charge on any atom is 0.168 e. The minimum atomic E-state index is -0.334. The molecule has 3 heteroatoms. The molecule has 0 aromatic heterocycles. The fourth-order valence-corrected chi connectivity index (χ4v) is 1.95. The molecule has 0 saturated heterocycles. The molecule has 1 rings (SSSR count). The van der Waals surface area contributed by atoms with Crippen LogP contribution in [0.25, 0.3) is 0 Å². The van der Waals surface area contributed by atoms with Crippen molar-refractivity contribution in [2.24, 2.45) is 5.41 Å². The molecule has 0 bridgehead atoms. The Labute approximate surface area is 101 Å². The third-order valence-electron chi connectivity index (χ3n) is 2.16. The van der Waals surface area contributed by atoms with Crippen LogP contribution >= 0.6 is 11.8 Å². The van der Waals surface area contributed by atoms with Gasteiger partial charge in [-0.25, -0.2) is 0 Å². The number of ketones is 1. The van der Waals surface area contributed by atoms with Gasteiger partial charge in [0.1, 0.15) is 0 Å². The van der Waals surface area contributed by atoms with Crippen LogP contribution in [-0.2, 0) is 0 Å². The first-order valence-electron chi connectivity index (χ1n) is 5.33. The number of carbonyl (C=O) groups is 1. The van der Waals surface area contributed by atoms with Gasteiger partial charge in [0.25, 0.3) is 0 Å². The molecule has 1 N–H and O–H groups in total. The summed E-state index contributed by atoms with van der Waals surface area (Å²) in [5, 5.41) is 8.70. The van der Waals surface area contributed by atoms with Gasteiger partial charge in [0.2, 0.25) is 0 Å². The second-order valence-electron chi connectivity index (χ2n) is 4.68. The van der Waals surface area contributed by atoms with Crippen LogP contribution in [0.15, 0.2) is 29.2 Å². The van der Waals surface area contributed by atoms with Crippen molar-refractivity contribution in [3.63, 3.8) is 0 Å². The van der Waals surface area contributed by atoms with Gasteiger partial charge in [-0.05, 0) is 12.1 Å². The first kappa shape index (κ1) is 13.3. The fourth-order valence-electron chi connectivity index (χ4n) is 1.30. The van der Waals surface area contributed by atoms with Crippen molar-refractivity contribution < 1.29 is 9.90 Å². The van der Waals surface area contributed by atoms with Crippen LogP contribution in [0.2, 0.25) is 0 Å². The molecule has 0 atom stereocenters. The van der Waals surface area contributed by atoms with Crippen molar-refractivity contribution in [2.75, 3.05) is 12.4 Å². The number of aliphatic hydroxyl groups excluding tert-OH is 1. The molecule has 0 aliphatic rings. The van der Waals surface area contributed by atoms with E-state index in [0.717, 1.165) is 10.5 Å². The van der Waals surface area contributed by atoms with Crippen molar-refractivity contribution in [3.8, 4) is 0 Å². The highest BCUT2D eigenvalue weighted by Gasteiger charge is 2.22. The predicted molar refractivity (Wildman–Crippen MR) is 68.0 cm³/mol. The molecule has 2 nitrogen and oxygen atoms in total. The zero-order chi connectivity index (χ0) is 12.2. The maximum atomic E-state index is 11.9. The van der Waals surface area contributed by atoms with E-state index in [4.69, 9.17) is 5.11 Å². The van der Waals surface area contributed by atoms with Crippen molar-refractivity contribution >= 4 is 17.5 Å². The predicted octanol–water partition coefficient (Wildman–Crippen LogP) is 3.00. The van der Waals surface area contributed by atoms with E-state index in [1.165, 1.54) is 0 Å². The molecule has 0 amide bonds. The van der Waals surface area contributed by atoms with E-state index in [9.17, 15) is 4.79 Å². The summed E-state index contributed by atoms with van der Waals surface area (Å²) in [6.45, 7) is 5.94. The summed E-state index contributed by atoms with van der Waals surface area (Å²) in [4.78, 5) is 13.0. The molecule has 0 fully saturated rings. The van der Waals surface area contributed by atoms with Gasteiger partial charge in [0.05, 0.1) is 6.61 Å². The molecule has 0 radical (unpaired) electrons. The van der Waals surface area contributed by atoms with E-state index in [1.807, 2.05) is 45.0 Å². The number of aliphatic hydroxyl groups is 1. The van der Waals surface area contributed by atoms with Crippen LogP contribution in [0.4, 0.5) is 0 Å². The first-order valence-corrected chi connectivity index (χ1v) is 6.32. The normalized spacial score (nSPS) is 11.5. The Bertz CT molecular complexity index is 349. The van der Waals surface area contributed by atoms with Crippen LogP contribution in [0.1, 0.15) is 31.1 Å². The number of rotatable bonds is 4. The van der Waals surface area contributed by atoms with Crippen LogP contribution in [0, 0.1) is 5.41 Å². The Hall–Kier alpha value is -0.800. The van der Waals surface area contributed by atoms with Gasteiger partial charge >= 0.3 is 0 Å². The Morgan fingerprint density at radius 3 is 2.25 bits per heavy atom. The first-order chi connectivity index (χ1) is 7.45. The van der Waals surface area contributed by atoms with Crippen molar-refractivity contribution in [1.82, 2.24) is 0 Å². The lowest BCUT2D eigenvalue weighted by molar-refractivity contribution is 0.0858. The number of thioether (sulfide) groups is 1. The van der Waals surface area contributed by atoms with E-state index < -0.39 is 0 Å². The minimum Gasteiger partial charge on any atom is -0.396 e. The monoisotopic (exact) mass is 238 g/mol. The number of carbonyl (C=O) groups excluding carboxylic acids is 1. The molecule has 0 aliphatic carbocycles. The highest BCUT2D eigenvalue weighted by atomic mass is 32.2. The van der Waals surface area contributed by atoms with Crippen LogP contribution in [-0.4, -0.2) is 23.2 Å². The molecule has 16 heavy (non-hydrogen) atoms. The fraction of sp³-hybridized carbons (Fsp3) is 0.462. The van der Waals surface area contributed by atoms with E-state index in [1.54, 1.807) is 11.8 Å². The smallest absolute Gasteiger partial charge is 0.168 e. The van der Waals surface area contributed by atoms with Gasteiger partial charge in [-0.3, -0.25) is 4.79 Å². The SMILES string of the molecule is CC(C)(C)C(=O)c1ccc(SCCO)cc1. The van der Waals surface area contributed by atoms with Gasteiger partial charge in [-0.2, -0.15) is 0 Å². The van der Waals surface area contributed by atoms with Crippen LogP contribution in [0.3, 0.4) is 0 Å². The standard InChI is InChI=1S/C13H18O2S/c1-13(2,3)12(15)10-4-6-11(7-5-10)16-9-8-14/h4-7,14H,8-9H2,1-3H3. The highest BCUT2D eigenvalue weighted by Crippen LogP contribution is 2.23. The number of hydrogen-bond acceptors (Lipinski definition) is 3. The molecule has 88 valence electrons. The largest absolute Gasteiger partial charge is 0.396 e. The molecule has 0 spiro atoms. The summed E-state index contributed by atoms with van der Waals surface area (Å²) in [6, 6.07) is 7.57. The van der Waals surface area contributed by atoms with Gasteiger partial charge < -0.3 is 5.11 Å². The minimum absolute atomic E-state index is 0.159. The van der Waals surface area contributed by atoms with E-state index in [-0.39, 0.29) is 17.8 Å². The van der Waals surface area contributed by atoms with E-state index >= 15 is 0 Å². The lowest BCUT2D eigenvalue weighted by Crippen LogP contribution is -2.19. The maximum absolute atomic E-state index is 11.9. The summed E-state index contributed by atoms with van der Waals surface area (Å²) in [5.74, 6) is 0.846. The quantitative estimate of drug-likeness (QED) is 0.647. The third-order valence-corrected chi connectivity index (χ3v) is 3.15. The lowest BCUT2D eigenvalue weighted by Gasteiger charge is -2.16. The molecular formula is C13H18O2S. The molecule has 0 unspecified atom stereocenters. The lowest BCUT2D eigenvalue weighted by atomic mass is 9.87. The van der Waals surface area contributed by atoms with Gasteiger partial charge in [-0.15, -0.1) is 11.8 Å². The molecule has 0 aliphatic heterocycles. The van der Waals surface area contributed by atoms with Gasteiger partial charge in [0, 0.05) is 21.6 Å². The molecule has 0 saturated carbocycles.